The van der Waals surface area contributed by atoms with Crippen LogP contribution in [0.5, 0.6) is 0 Å². The van der Waals surface area contributed by atoms with Crippen molar-refractivity contribution < 1.29 is 0 Å². The van der Waals surface area contributed by atoms with Crippen molar-refractivity contribution in [2.24, 2.45) is 0 Å². The van der Waals surface area contributed by atoms with Gasteiger partial charge in [0.1, 0.15) is 5.82 Å². The van der Waals surface area contributed by atoms with E-state index in [0.717, 1.165) is 16.7 Å². The predicted octanol–water partition coefficient (Wildman–Crippen LogP) is 9.58. The molecule has 3 heterocycles. The molecule has 0 aliphatic heterocycles. The summed E-state index contributed by atoms with van der Waals surface area (Å²) >= 11 is 0. The smallest absolute Gasteiger partial charge is 0.138 e. The van der Waals surface area contributed by atoms with Gasteiger partial charge in [-0.3, -0.25) is 4.57 Å². The zero-order valence-electron chi connectivity index (χ0n) is 21.6. The highest BCUT2D eigenvalue weighted by atomic mass is 15.1. The first-order valence-electron chi connectivity index (χ1n) is 13.7. The lowest BCUT2D eigenvalue weighted by molar-refractivity contribution is 1.10. The molecular formula is C37H23N3. The molecule has 0 N–H and O–H groups in total. The highest BCUT2D eigenvalue weighted by Gasteiger charge is 2.19. The van der Waals surface area contributed by atoms with Crippen molar-refractivity contribution in [1.29, 1.82) is 0 Å². The van der Waals surface area contributed by atoms with Crippen LogP contribution in [0.25, 0.3) is 76.7 Å². The Morgan fingerprint density at radius 2 is 1.12 bits per heavy atom. The van der Waals surface area contributed by atoms with Gasteiger partial charge in [-0.15, -0.1) is 0 Å². The molecule has 0 saturated carbocycles. The van der Waals surface area contributed by atoms with Gasteiger partial charge in [-0.1, -0.05) is 84.9 Å². The van der Waals surface area contributed by atoms with Gasteiger partial charge >= 0.3 is 0 Å². The second-order valence-corrected chi connectivity index (χ2v) is 10.5. The summed E-state index contributed by atoms with van der Waals surface area (Å²) < 4.78 is 4.65. The van der Waals surface area contributed by atoms with Crippen molar-refractivity contribution in [3.63, 3.8) is 0 Å². The summed E-state index contributed by atoms with van der Waals surface area (Å²) in [6.45, 7) is 0. The lowest BCUT2D eigenvalue weighted by atomic mass is 9.98. The van der Waals surface area contributed by atoms with E-state index < -0.39 is 0 Å². The molecule has 9 rings (SSSR count). The lowest BCUT2D eigenvalue weighted by Crippen LogP contribution is -1.97. The maximum absolute atomic E-state index is 5.13. The first kappa shape index (κ1) is 21.5. The Balaban J connectivity index is 1.47. The van der Waals surface area contributed by atoms with Crippen molar-refractivity contribution in [3.05, 3.63) is 140 Å². The standard InChI is InChI=1S/C37H23N3/c1-2-10-27(11-3-1)39-23-22-26-14-17-29-30(37(26)39)18-20-33-36(29)35-28-12-6-4-8-24(28)15-19-32(35)40(33)34-21-16-25-9-5-7-13-31(25)38-34/h1-23H. The van der Waals surface area contributed by atoms with E-state index in [1.54, 1.807) is 0 Å². The topological polar surface area (TPSA) is 22.8 Å². The second-order valence-electron chi connectivity index (χ2n) is 10.5. The van der Waals surface area contributed by atoms with Crippen molar-refractivity contribution in [2.45, 2.75) is 0 Å². The summed E-state index contributed by atoms with van der Waals surface area (Å²) in [5.74, 6) is 0.932. The molecule has 3 heteroatoms. The first-order chi connectivity index (χ1) is 19.8. The van der Waals surface area contributed by atoms with Gasteiger partial charge in [0.25, 0.3) is 0 Å². The van der Waals surface area contributed by atoms with Gasteiger partial charge in [-0.05, 0) is 64.7 Å². The van der Waals surface area contributed by atoms with Crippen LogP contribution in [0.4, 0.5) is 0 Å². The Labute approximate surface area is 230 Å². The summed E-state index contributed by atoms with van der Waals surface area (Å²) in [5.41, 5.74) is 5.73. The van der Waals surface area contributed by atoms with Gasteiger partial charge in [0.2, 0.25) is 0 Å². The first-order valence-corrected chi connectivity index (χ1v) is 13.7. The van der Waals surface area contributed by atoms with Crippen molar-refractivity contribution in [1.82, 2.24) is 14.1 Å². The molecule has 0 radical (unpaired) electrons. The molecular weight excluding hydrogens is 486 g/mol. The molecule has 186 valence electrons. The molecule has 6 aromatic carbocycles. The predicted molar refractivity (Wildman–Crippen MR) is 168 cm³/mol. The maximum atomic E-state index is 5.13. The Morgan fingerprint density at radius 1 is 0.450 bits per heavy atom. The van der Waals surface area contributed by atoms with Gasteiger partial charge < -0.3 is 4.57 Å². The Kier molecular flexibility index (Phi) is 4.33. The quantitative estimate of drug-likeness (QED) is 0.227. The summed E-state index contributed by atoms with van der Waals surface area (Å²) in [6, 6.07) is 47.8. The Hall–Kier alpha value is -5.41. The maximum Gasteiger partial charge on any atom is 0.138 e. The third-order valence-corrected chi connectivity index (χ3v) is 8.31. The van der Waals surface area contributed by atoms with Crippen LogP contribution in [0, 0.1) is 0 Å². The number of pyridine rings is 1. The van der Waals surface area contributed by atoms with Crippen LogP contribution in [0.1, 0.15) is 0 Å². The fraction of sp³-hybridized carbons (Fsp3) is 0. The van der Waals surface area contributed by atoms with Gasteiger partial charge in [-0.25, -0.2) is 4.98 Å². The zero-order chi connectivity index (χ0) is 26.2. The summed E-state index contributed by atoms with van der Waals surface area (Å²) in [7, 11) is 0. The fourth-order valence-electron chi connectivity index (χ4n) is 6.55. The van der Waals surface area contributed by atoms with Crippen LogP contribution in [-0.2, 0) is 0 Å². The molecule has 0 bridgehead atoms. The van der Waals surface area contributed by atoms with E-state index >= 15 is 0 Å². The number of nitrogens with zero attached hydrogens (tertiary/aromatic N) is 3. The van der Waals surface area contributed by atoms with Crippen molar-refractivity contribution in [2.75, 3.05) is 0 Å². The Morgan fingerprint density at radius 3 is 2.02 bits per heavy atom. The minimum atomic E-state index is 0.932. The SMILES string of the molecule is c1ccc(-n2ccc3ccc4c(ccc5c4c4c6ccccc6ccc4n5-c4ccc5ccccc5n4)c32)cc1. The molecule has 0 spiro atoms. The normalized spacial score (nSPS) is 12.0. The van der Waals surface area contributed by atoms with Gasteiger partial charge in [0.15, 0.2) is 0 Å². The number of hydrogen-bond donors (Lipinski definition) is 0. The molecule has 0 fully saturated rings. The molecule has 0 amide bonds. The summed E-state index contributed by atoms with van der Waals surface area (Å²) in [4.78, 5) is 5.13. The van der Waals surface area contributed by atoms with E-state index in [9.17, 15) is 0 Å². The van der Waals surface area contributed by atoms with Crippen LogP contribution in [0.2, 0.25) is 0 Å². The van der Waals surface area contributed by atoms with E-state index in [1.807, 2.05) is 0 Å². The van der Waals surface area contributed by atoms with Gasteiger partial charge in [-0.2, -0.15) is 0 Å². The Bertz CT molecular complexity index is 2430. The highest BCUT2D eigenvalue weighted by Crippen LogP contribution is 2.42. The zero-order valence-corrected chi connectivity index (χ0v) is 21.6. The number of hydrogen-bond acceptors (Lipinski definition) is 1. The molecule has 40 heavy (non-hydrogen) atoms. The van der Waals surface area contributed by atoms with Gasteiger partial charge in [0, 0.05) is 38.8 Å². The third-order valence-electron chi connectivity index (χ3n) is 8.31. The van der Waals surface area contributed by atoms with E-state index in [0.29, 0.717) is 0 Å². The van der Waals surface area contributed by atoms with Crippen LogP contribution < -0.4 is 0 Å². The number of para-hydroxylation sites is 2. The monoisotopic (exact) mass is 509 g/mol. The minimum absolute atomic E-state index is 0.932. The van der Waals surface area contributed by atoms with Crippen molar-refractivity contribution >= 4 is 65.2 Å². The third kappa shape index (κ3) is 2.92. The number of benzene rings is 6. The molecule has 0 atom stereocenters. The molecule has 3 nitrogen and oxygen atoms in total. The van der Waals surface area contributed by atoms with E-state index in [2.05, 4.69) is 149 Å². The summed E-state index contributed by atoms with van der Waals surface area (Å²) in [6.07, 6.45) is 2.18. The van der Waals surface area contributed by atoms with E-state index in [4.69, 9.17) is 4.98 Å². The minimum Gasteiger partial charge on any atom is -0.316 e. The van der Waals surface area contributed by atoms with Crippen LogP contribution in [-0.4, -0.2) is 14.1 Å². The highest BCUT2D eigenvalue weighted by molar-refractivity contribution is 6.30. The molecule has 0 aliphatic rings. The van der Waals surface area contributed by atoms with E-state index in [-0.39, 0.29) is 0 Å². The molecule has 0 aliphatic carbocycles. The largest absolute Gasteiger partial charge is 0.316 e. The number of rotatable bonds is 2. The second kappa shape index (κ2) is 8.05. The number of fused-ring (bicyclic) bond motifs is 10. The average Bonchev–Trinajstić information content (AvgIpc) is 3.61. The molecule has 9 aromatic rings. The van der Waals surface area contributed by atoms with Crippen LogP contribution in [0.3, 0.4) is 0 Å². The molecule has 0 unspecified atom stereocenters. The van der Waals surface area contributed by atoms with Crippen LogP contribution >= 0.6 is 0 Å². The molecule has 3 aromatic heterocycles. The average molecular weight is 510 g/mol. The van der Waals surface area contributed by atoms with E-state index in [1.165, 1.54) is 59.9 Å². The van der Waals surface area contributed by atoms with Crippen molar-refractivity contribution in [3.8, 4) is 11.5 Å². The fourth-order valence-corrected chi connectivity index (χ4v) is 6.55. The number of aromatic nitrogens is 3. The van der Waals surface area contributed by atoms with Crippen LogP contribution in [0.15, 0.2) is 140 Å². The molecule has 0 saturated heterocycles. The van der Waals surface area contributed by atoms with Gasteiger partial charge in [0.05, 0.1) is 22.1 Å². The summed E-state index contributed by atoms with van der Waals surface area (Å²) in [5, 5.41) is 9.92. The lowest BCUT2D eigenvalue weighted by Gasteiger charge is -2.10.